The van der Waals surface area contributed by atoms with E-state index in [1.54, 1.807) is 24.3 Å². The van der Waals surface area contributed by atoms with Crippen molar-refractivity contribution >= 4 is 29.3 Å². The average molecular weight is 497 g/mol. The zero-order valence-corrected chi connectivity index (χ0v) is 20.2. The van der Waals surface area contributed by atoms with Gasteiger partial charge in [-0.3, -0.25) is 9.59 Å². The van der Waals surface area contributed by atoms with E-state index in [4.69, 9.17) is 9.47 Å². The number of methoxy groups -OCH3 is 2. The van der Waals surface area contributed by atoms with Crippen LogP contribution in [0, 0.1) is 13.8 Å². The van der Waals surface area contributed by atoms with Crippen LogP contribution < -0.4 is 24.8 Å². The first kappa shape index (κ1) is 26.2. The van der Waals surface area contributed by atoms with E-state index in [-0.39, 0.29) is 22.8 Å². The fourth-order valence-electron chi connectivity index (χ4n) is 3.40. The maximum Gasteiger partial charge on any atom is 0.387 e. The number of anilines is 2. The van der Waals surface area contributed by atoms with Gasteiger partial charge in [0.25, 0.3) is 11.8 Å². The number of halogens is 2. The topological polar surface area (TPSA) is 85.9 Å². The molecule has 0 aliphatic carbocycles. The molecule has 0 saturated carbocycles. The largest absolute Gasteiger partial charge is 0.493 e. The van der Waals surface area contributed by atoms with Gasteiger partial charge in [-0.2, -0.15) is 8.78 Å². The zero-order valence-electron chi connectivity index (χ0n) is 20.2. The van der Waals surface area contributed by atoms with E-state index in [2.05, 4.69) is 15.4 Å². The second-order valence-electron chi connectivity index (χ2n) is 7.73. The summed E-state index contributed by atoms with van der Waals surface area (Å²) in [5.41, 5.74) is 2.75. The van der Waals surface area contributed by atoms with Crippen LogP contribution in [0.25, 0.3) is 6.08 Å². The second kappa shape index (κ2) is 11.8. The van der Waals surface area contributed by atoms with E-state index < -0.39 is 18.4 Å². The van der Waals surface area contributed by atoms with E-state index >= 15 is 0 Å². The molecule has 0 atom stereocenters. The van der Waals surface area contributed by atoms with Crippen molar-refractivity contribution in [3.63, 3.8) is 0 Å². The summed E-state index contributed by atoms with van der Waals surface area (Å²) in [6, 6.07) is 17.0. The molecule has 3 aromatic rings. The minimum Gasteiger partial charge on any atom is -0.493 e. The summed E-state index contributed by atoms with van der Waals surface area (Å²) < 4.78 is 40.7. The lowest BCUT2D eigenvalue weighted by atomic mass is 10.1. The van der Waals surface area contributed by atoms with Gasteiger partial charge in [0.05, 0.1) is 14.2 Å². The lowest BCUT2D eigenvalue weighted by molar-refractivity contribution is -0.118. The van der Waals surface area contributed by atoms with Crippen molar-refractivity contribution in [2.75, 3.05) is 24.9 Å². The van der Waals surface area contributed by atoms with Gasteiger partial charge in [-0.15, -0.1) is 0 Å². The third-order valence-corrected chi connectivity index (χ3v) is 5.28. The van der Waals surface area contributed by atoms with Crippen molar-refractivity contribution in [2.24, 2.45) is 0 Å². The molecular formula is C27H26F2N2O5. The first-order chi connectivity index (χ1) is 17.2. The van der Waals surface area contributed by atoms with Crippen molar-refractivity contribution in [1.82, 2.24) is 0 Å². The van der Waals surface area contributed by atoms with Gasteiger partial charge in [0.1, 0.15) is 5.57 Å². The fraction of sp³-hybridized carbons (Fsp3) is 0.185. The molecule has 7 nitrogen and oxygen atoms in total. The molecular weight excluding hydrogens is 470 g/mol. The van der Waals surface area contributed by atoms with Crippen molar-refractivity contribution in [3.8, 4) is 17.2 Å². The normalized spacial score (nSPS) is 10.4. The fourth-order valence-corrected chi connectivity index (χ4v) is 3.40. The lowest BCUT2D eigenvalue weighted by Gasteiger charge is -2.16. The van der Waals surface area contributed by atoms with Crippen molar-refractivity contribution in [3.05, 3.63) is 82.9 Å². The van der Waals surface area contributed by atoms with Crippen LogP contribution in [-0.4, -0.2) is 32.6 Å². The highest BCUT2D eigenvalue weighted by Gasteiger charge is 2.22. The van der Waals surface area contributed by atoms with Gasteiger partial charge in [0.2, 0.25) is 5.75 Å². The number of aryl methyl sites for hydroxylation is 2. The van der Waals surface area contributed by atoms with Crippen LogP contribution in [0.2, 0.25) is 0 Å². The van der Waals surface area contributed by atoms with E-state index in [9.17, 15) is 18.4 Å². The SMILES string of the molecule is COc1cc(C=C(C(=O)Nc2ccccc2C)C(=O)Nc2ccccc2C)cc(OC)c1OC(F)F. The van der Waals surface area contributed by atoms with Gasteiger partial charge in [-0.1, -0.05) is 36.4 Å². The predicted molar refractivity (Wildman–Crippen MR) is 134 cm³/mol. The Kier molecular flexibility index (Phi) is 8.61. The molecule has 2 N–H and O–H groups in total. The van der Waals surface area contributed by atoms with Crippen LogP contribution in [0.5, 0.6) is 17.2 Å². The Balaban J connectivity index is 2.07. The Morgan fingerprint density at radius 3 is 1.64 bits per heavy atom. The molecule has 3 aromatic carbocycles. The van der Waals surface area contributed by atoms with Gasteiger partial charge >= 0.3 is 6.61 Å². The molecule has 0 unspecified atom stereocenters. The summed E-state index contributed by atoms with van der Waals surface area (Å²) in [5.74, 6) is -1.75. The van der Waals surface area contributed by atoms with Crippen LogP contribution in [0.3, 0.4) is 0 Å². The first-order valence-corrected chi connectivity index (χ1v) is 10.9. The standard InChI is InChI=1S/C27H26F2N2O5/c1-16-9-5-7-11-20(16)30-25(32)19(26(33)31-21-12-8-6-10-17(21)2)13-18-14-22(34-3)24(36-27(28)29)23(15-18)35-4/h5-15,27H,1-4H3,(H,30,32)(H,31,33). The number of para-hydroxylation sites is 2. The number of carbonyl (C=O) groups is 2. The number of hydrogen-bond donors (Lipinski definition) is 2. The summed E-state index contributed by atoms with van der Waals surface area (Å²) >= 11 is 0. The summed E-state index contributed by atoms with van der Waals surface area (Å²) in [6.45, 7) is 0.540. The second-order valence-corrected chi connectivity index (χ2v) is 7.73. The smallest absolute Gasteiger partial charge is 0.387 e. The highest BCUT2D eigenvalue weighted by Crippen LogP contribution is 2.40. The number of amides is 2. The molecule has 3 rings (SSSR count). The Morgan fingerprint density at radius 2 is 1.25 bits per heavy atom. The molecule has 0 fully saturated rings. The third-order valence-electron chi connectivity index (χ3n) is 5.28. The Hall–Kier alpha value is -4.40. The van der Waals surface area contributed by atoms with Crippen molar-refractivity contribution in [2.45, 2.75) is 20.5 Å². The number of carbonyl (C=O) groups excluding carboxylic acids is 2. The quantitative estimate of drug-likeness (QED) is 0.229. The summed E-state index contributed by atoms with van der Waals surface area (Å²) in [4.78, 5) is 26.6. The molecule has 0 aliphatic heterocycles. The monoisotopic (exact) mass is 496 g/mol. The molecule has 36 heavy (non-hydrogen) atoms. The Labute approximate surface area is 207 Å². The molecule has 0 saturated heterocycles. The summed E-state index contributed by atoms with van der Waals surface area (Å²) in [7, 11) is 2.55. The number of rotatable bonds is 9. The summed E-state index contributed by atoms with van der Waals surface area (Å²) in [6.07, 6.45) is 1.32. The highest BCUT2D eigenvalue weighted by molar-refractivity contribution is 6.29. The number of benzene rings is 3. The Morgan fingerprint density at radius 1 is 0.806 bits per heavy atom. The minimum atomic E-state index is -3.11. The molecule has 0 bridgehead atoms. The molecule has 2 amide bonds. The summed E-state index contributed by atoms with van der Waals surface area (Å²) in [5, 5.41) is 5.50. The van der Waals surface area contributed by atoms with Crippen LogP contribution in [0.1, 0.15) is 16.7 Å². The predicted octanol–water partition coefficient (Wildman–Crippen LogP) is 5.58. The molecule has 0 aliphatic rings. The van der Waals surface area contributed by atoms with Gasteiger partial charge in [0.15, 0.2) is 11.5 Å². The maximum atomic E-state index is 13.3. The van der Waals surface area contributed by atoms with E-state index in [0.717, 1.165) is 11.1 Å². The molecule has 0 heterocycles. The number of alkyl halides is 2. The van der Waals surface area contributed by atoms with Gasteiger partial charge in [-0.25, -0.2) is 0 Å². The highest BCUT2D eigenvalue weighted by atomic mass is 19.3. The van der Waals surface area contributed by atoms with Gasteiger partial charge < -0.3 is 24.8 Å². The van der Waals surface area contributed by atoms with Gasteiger partial charge in [-0.05, 0) is 60.9 Å². The maximum absolute atomic E-state index is 13.3. The molecule has 188 valence electrons. The first-order valence-electron chi connectivity index (χ1n) is 10.9. The number of ether oxygens (including phenoxy) is 3. The van der Waals surface area contributed by atoms with Crippen LogP contribution >= 0.6 is 0 Å². The molecule has 9 heteroatoms. The molecule has 0 spiro atoms. The molecule has 0 radical (unpaired) electrons. The van der Waals surface area contributed by atoms with E-state index in [1.807, 2.05) is 38.1 Å². The third kappa shape index (κ3) is 6.38. The number of nitrogens with one attached hydrogen (secondary N) is 2. The Bertz CT molecular complexity index is 1200. The number of hydrogen-bond acceptors (Lipinski definition) is 5. The average Bonchev–Trinajstić information content (AvgIpc) is 2.85. The molecule has 0 aromatic heterocycles. The van der Waals surface area contributed by atoms with Crippen molar-refractivity contribution < 1.29 is 32.6 Å². The van der Waals surface area contributed by atoms with Gasteiger partial charge in [0, 0.05) is 11.4 Å². The van der Waals surface area contributed by atoms with Crippen molar-refractivity contribution in [1.29, 1.82) is 0 Å². The van der Waals surface area contributed by atoms with Crippen LogP contribution in [0.15, 0.2) is 66.2 Å². The van der Waals surface area contributed by atoms with Crippen LogP contribution in [0.4, 0.5) is 20.2 Å². The zero-order chi connectivity index (χ0) is 26.2. The lowest BCUT2D eigenvalue weighted by Crippen LogP contribution is -2.26. The van der Waals surface area contributed by atoms with Crippen LogP contribution in [-0.2, 0) is 9.59 Å². The minimum absolute atomic E-state index is 0.0566. The van der Waals surface area contributed by atoms with E-state index in [0.29, 0.717) is 16.9 Å². The van der Waals surface area contributed by atoms with E-state index in [1.165, 1.54) is 32.4 Å².